The molecule has 1 aromatic carbocycles. The van der Waals surface area contributed by atoms with E-state index >= 15 is 0 Å². The van der Waals surface area contributed by atoms with Gasteiger partial charge in [0.1, 0.15) is 5.56 Å². The minimum atomic E-state index is -0.552. The van der Waals surface area contributed by atoms with Crippen molar-refractivity contribution in [3.8, 4) is 0 Å². The maximum Gasteiger partial charge on any atom is 0.254 e. The number of rotatable bonds is 9. The van der Waals surface area contributed by atoms with Crippen LogP contribution in [-0.4, -0.2) is 38.7 Å². The molecule has 0 radical (unpaired) electrons. The number of thioether (sulfide) groups is 1. The molecule has 2 aromatic heterocycles. The summed E-state index contributed by atoms with van der Waals surface area (Å²) in [6.07, 6.45) is 3.29. The summed E-state index contributed by atoms with van der Waals surface area (Å²) in [5.41, 5.74) is 8.74. The predicted molar refractivity (Wildman–Crippen MR) is 114 cm³/mol. The van der Waals surface area contributed by atoms with Gasteiger partial charge in [0.05, 0.1) is 6.20 Å². The zero-order valence-corrected chi connectivity index (χ0v) is 17.5. The van der Waals surface area contributed by atoms with Gasteiger partial charge in [-0.3, -0.25) is 9.59 Å². The summed E-state index contributed by atoms with van der Waals surface area (Å²) in [4.78, 5) is 29.4. The van der Waals surface area contributed by atoms with Gasteiger partial charge in [0.2, 0.25) is 5.91 Å². The van der Waals surface area contributed by atoms with Crippen LogP contribution in [0.25, 0.3) is 5.65 Å². The van der Waals surface area contributed by atoms with E-state index in [4.69, 9.17) is 5.73 Å². The Kier molecular flexibility index (Phi) is 6.87. The number of carbonyl (C=O) groups is 2. The number of aryl methyl sites for hydroxylation is 2. The fraction of sp³-hybridized carbons (Fsp3) is 0.333. The first-order valence-electron chi connectivity index (χ1n) is 9.55. The number of hydrogen-bond donors (Lipinski definition) is 2. The second-order valence-electron chi connectivity index (χ2n) is 6.78. The predicted octanol–water partition coefficient (Wildman–Crippen LogP) is 2.68. The van der Waals surface area contributed by atoms with E-state index in [2.05, 4.69) is 27.5 Å². The number of nitrogens with two attached hydrogens (primary N) is 1. The molecule has 8 heteroatoms. The molecule has 0 fully saturated rings. The first kappa shape index (κ1) is 20.9. The van der Waals surface area contributed by atoms with Gasteiger partial charge in [-0.25, -0.2) is 9.50 Å². The highest BCUT2D eigenvalue weighted by molar-refractivity contribution is 7.99. The van der Waals surface area contributed by atoms with Gasteiger partial charge in [-0.05, 0) is 50.1 Å². The molecular weight excluding hydrogens is 386 g/mol. The molecule has 7 nitrogen and oxygen atoms in total. The van der Waals surface area contributed by atoms with Crippen LogP contribution in [0.1, 0.15) is 40.2 Å². The minimum Gasteiger partial charge on any atom is -0.365 e. The van der Waals surface area contributed by atoms with Gasteiger partial charge in [0.25, 0.3) is 5.91 Å². The number of aromatic nitrogens is 3. The number of amides is 2. The summed E-state index contributed by atoms with van der Waals surface area (Å²) in [6.45, 7) is 4.45. The van der Waals surface area contributed by atoms with Gasteiger partial charge in [0, 0.05) is 29.2 Å². The van der Waals surface area contributed by atoms with Crippen LogP contribution < -0.4 is 11.1 Å². The molecule has 2 heterocycles. The van der Waals surface area contributed by atoms with Crippen molar-refractivity contribution in [3.05, 3.63) is 59.0 Å². The van der Waals surface area contributed by atoms with E-state index in [0.717, 1.165) is 29.1 Å². The first-order chi connectivity index (χ1) is 14.0. The maximum absolute atomic E-state index is 12.2. The standard InChI is InChI=1S/C21H25N5O2S/c1-14-17(15(2)26-21(25-14)18(13-24-26)20(22)28)9-10-19(27)23-11-6-12-29-16-7-4-3-5-8-16/h3-5,7-8,13H,6,9-12H2,1-2H3,(H2,22,28)(H,23,27). The van der Waals surface area contributed by atoms with Crippen LogP contribution in [0.5, 0.6) is 0 Å². The van der Waals surface area contributed by atoms with Crippen LogP contribution in [0.2, 0.25) is 0 Å². The average Bonchev–Trinajstić information content (AvgIpc) is 3.12. The monoisotopic (exact) mass is 411 g/mol. The Morgan fingerprint density at radius 2 is 1.97 bits per heavy atom. The van der Waals surface area contributed by atoms with Crippen LogP contribution in [0.15, 0.2) is 41.4 Å². The molecule has 0 spiro atoms. The van der Waals surface area contributed by atoms with Crippen molar-refractivity contribution in [2.75, 3.05) is 12.3 Å². The molecule has 0 aliphatic heterocycles. The summed E-state index contributed by atoms with van der Waals surface area (Å²) < 4.78 is 1.61. The lowest BCUT2D eigenvalue weighted by Gasteiger charge is -2.11. The van der Waals surface area contributed by atoms with Gasteiger partial charge in [-0.15, -0.1) is 11.8 Å². The Hall–Kier alpha value is -2.87. The lowest BCUT2D eigenvalue weighted by molar-refractivity contribution is -0.121. The molecule has 3 N–H and O–H groups in total. The normalized spacial score (nSPS) is 11.0. The molecule has 0 aliphatic rings. The van der Waals surface area contributed by atoms with Gasteiger partial charge in [-0.2, -0.15) is 5.10 Å². The number of fused-ring (bicyclic) bond motifs is 1. The zero-order chi connectivity index (χ0) is 20.8. The molecule has 0 bridgehead atoms. The Morgan fingerprint density at radius 1 is 1.21 bits per heavy atom. The molecular formula is C21H25N5O2S. The van der Waals surface area contributed by atoms with Crippen LogP contribution in [0, 0.1) is 13.8 Å². The van der Waals surface area contributed by atoms with Crippen molar-refractivity contribution in [1.29, 1.82) is 0 Å². The molecule has 2 amide bonds. The minimum absolute atomic E-state index is 0.0203. The van der Waals surface area contributed by atoms with Crippen LogP contribution in [-0.2, 0) is 11.2 Å². The van der Waals surface area contributed by atoms with Crippen LogP contribution in [0.4, 0.5) is 0 Å². The number of benzene rings is 1. The molecule has 3 aromatic rings. The summed E-state index contributed by atoms with van der Waals surface area (Å²) in [5, 5.41) is 7.19. The zero-order valence-electron chi connectivity index (χ0n) is 16.6. The highest BCUT2D eigenvalue weighted by Gasteiger charge is 2.17. The summed E-state index contributed by atoms with van der Waals surface area (Å²) in [5.74, 6) is 0.431. The molecule has 0 aliphatic carbocycles. The fourth-order valence-corrected chi connectivity index (χ4v) is 4.05. The topological polar surface area (TPSA) is 102 Å². The summed E-state index contributed by atoms with van der Waals surface area (Å²) in [6, 6.07) is 10.2. The Bertz CT molecular complexity index is 1020. The molecule has 3 rings (SSSR count). The number of carbonyl (C=O) groups excluding carboxylic acids is 2. The Labute approximate surface area is 174 Å². The SMILES string of the molecule is Cc1nc2c(C(N)=O)cnn2c(C)c1CCC(=O)NCCCSc1ccccc1. The molecule has 29 heavy (non-hydrogen) atoms. The third-order valence-corrected chi connectivity index (χ3v) is 5.83. The smallest absolute Gasteiger partial charge is 0.254 e. The van der Waals surface area contributed by atoms with Crippen molar-refractivity contribution in [2.45, 2.75) is 38.0 Å². The van der Waals surface area contributed by atoms with E-state index < -0.39 is 5.91 Å². The average molecular weight is 412 g/mol. The van der Waals surface area contributed by atoms with Crippen molar-refractivity contribution in [2.24, 2.45) is 5.73 Å². The lowest BCUT2D eigenvalue weighted by Crippen LogP contribution is -2.25. The van der Waals surface area contributed by atoms with Crippen LogP contribution in [0.3, 0.4) is 0 Å². The highest BCUT2D eigenvalue weighted by Crippen LogP contribution is 2.19. The number of primary amides is 1. The van der Waals surface area contributed by atoms with Gasteiger partial charge in [-0.1, -0.05) is 18.2 Å². The summed E-state index contributed by atoms with van der Waals surface area (Å²) in [7, 11) is 0. The Balaban J connectivity index is 1.49. The van der Waals surface area contributed by atoms with Crippen molar-refractivity contribution in [3.63, 3.8) is 0 Å². The molecule has 0 saturated carbocycles. The van der Waals surface area contributed by atoms with Crippen molar-refractivity contribution < 1.29 is 9.59 Å². The molecule has 0 atom stereocenters. The lowest BCUT2D eigenvalue weighted by atomic mass is 10.1. The van der Waals surface area contributed by atoms with Crippen molar-refractivity contribution in [1.82, 2.24) is 19.9 Å². The van der Waals surface area contributed by atoms with Gasteiger partial charge < -0.3 is 11.1 Å². The van der Waals surface area contributed by atoms with E-state index in [9.17, 15) is 9.59 Å². The fourth-order valence-electron chi connectivity index (χ4n) is 3.18. The van der Waals surface area contributed by atoms with E-state index in [1.54, 1.807) is 16.3 Å². The van der Waals surface area contributed by atoms with Gasteiger partial charge >= 0.3 is 0 Å². The highest BCUT2D eigenvalue weighted by atomic mass is 32.2. The van der Waals surface area contributed by atoms with Crippen LogP contribution >= 0.6 is 11.8 Å². The Morgan fingerprint density at radius 3 is 2.69 bits per heavy atom. The quantitative estimate of drug-likeness (QED) is 0.416. The first-order valence-corrected chi connectivity index (χ1v) is 10.5. The molecule has 152 valence electrons. The number of hydrogen-bond acceptors (Lipinski definition) is 5. The van der Waals surface area contributed by atoms with E-state index in [1.807, 2.05) is 32.0 Å². The third kappa shape index (κ3) is 5.14. The second-order valence-corrected chi connectivity index (χ2v) is 7.95. The van der Waals surface area contributed by atoms with Gasteiger partial charge in [0.15, 0.2) is 5.65 Å². The third-order valence-electron chi connectivity index (χ3n) is 4.73. The number of nitrogens with zero attached hydrogens (tertiary/aromatic N) is 3. The maximum atomic E-state index is 12.2. The molecule has 0 saturated heterocycles. The molecule has 0 unspecified atom stereocenters. The largest absolute Gasteiger partial charge is 0.365 e. The van der Waals surface area contributed by atoms with E-state index in [-0.39, 0.29) is 5.91 Å². The van der Waals surface area contributed by atoms with E-state index in [0.29, 0.717) is 30.6 Å². The van der Waals surface area contributed by atoms with E-state index in [1.165, 1.54) is 11.1 Å². The summed E-state index contributed by atoms with van der Waals surface area (Å²) >= 11 is 1.79. The van der Waals surface area contributed by atoms with Crippen molar-refractivity contribution >= 4 is 29.2 Å². The number of nitrogens with one attached hydrogen (secondary N) is 1. The second kappa shape index (κ2) is 9.56.